The van der Waals surface area contributed by atoms with Crippen LogP contribution in [-0.4, -0.2) is 61.2 Å². The van der Waals surface area contributed by atoms with Crippen molar-refractivity contribution in [2.45, 2.75) is 25.9 Å². The largest absolute Gasteiger partial charge is 0.389 e. The van der Waals surface area contributed by atoms with E-state index in [1.165, 1.54) is 4.90 Å². The molecule has 0 radical (unpaired) electrons. The first-order valence-corrected chi connectivity index (χ1v) is 6.59. The van der Waals surface area contributed by atoms with Gasteiger partial charge in [-0.2, -0.15) is 13.2 Å². The van der Waals surface area contributed by atoms with Crippen LogP contribution in [0, 0.1) is 5.92 Å². The molecule has 0 aromatic carbocycles. The smallest absolute Gasteiger partial charge is 0.340 e. The van der Waals surface area contributed by atoms with Crippen LogP contribution in [0.4, 0.5) is 13.2 Å². The molecule has 0 saturated carbocycles. The molecule has 1 unspecified atom stereocenters. The molecule has 0 aromatic heterocycles. The maximum absolute atomic E-state index is 12.0. The fourth-order valence-corrected chi connectivity index (χ4v) is 2.10. The average Bonchev–Trinajstić information content (AvgIpc) is 2.36. The Kier molecular flexibility index (Phi) is 6.06. The minimum Gasteiger partial charge on any atom is -0.340 e. The summed E-state index contributed by atoms with van der Waals surface area (Å²) in [6.07, 6.45) is -5.73. The SMILES string of the molecule is CC(CN)CN1CCN(C(=O)CCC(F)(F)F)CC1. The monoisotopic (exact) mass is 281 g/mol. The molecule has 19 heavy (non-hydrogen) atoms. The molecule has 1 atom stereocenters. The Balaban J connectivity index is 2.27. The molecule has 1 aliphatic rings. The van der Waals surface area contributed by atoms with E-state index in [4.69, 9.17) is 5.73 Å². The van der Waals surface area contributed by atoms with Crippen LogP contribution in [0.25, 0.3) is 0 Å². The van der Waals surface area contributed by atoms with Crippen LogP contribution in [0.1, 0.15) is 19.8 Å². The van der Waals surface area contributed by atoms with Crippen LogP contribution < -0.4 is 5.73 Å². The summed E-state index contributed by atoms with van der Waals surface area (Å²) in [6.45, 7) is 5.98. The minimum absolute atomic E-state index is 0.396. The standard InChI is InChI=1S/C12H22F3N3O/c1-10(8-16)9-17-4-6-18(7-5-17)11(19)2-3-12(13,14)15/h10H,2-9,16H2,1H3. The molecular formula is C12H22F3N3O. The lowest BCUT2D eigenvalue weighted by Crippen LogP contribution is -2.50. The van der Waals surface area contributed by atoms with E-state index < -0.39 is 24.9 Å². The average molecular weight is 281 g/mol. The fraction of sp³-hybridized carbons (Fsp3) is 0.917. The molecule has 0 aromatic rings. The zero-order chi connectivity index (χ0) is 14.5. The minimum atomic E-state index is -4.26. The number of hydrogen-bond acceptors (Lipinski definition) is 3. The van der Waals surface area contributed by atoms with Crippen molar-refractivity contribution < 1.29 is 18.0 Å². The summed E-state index contributed by atoms with van der Waals surface area (Å²) >= 11 is 0. The predicted octanol–water partition coefficient (Wildman–Crippen LogP) is 1.07. The van der Waals surface area contributed by atoms with Gasteiger partial charge in [0.2, 0.25) is 5.91 Å². The van der Waals surface area contributed by atoms with Crippen molar-refractivity contribution in [2.75, 3.05) is 39.3 Å². The zero-order valence-corrected chi connectivity index (χ0v) is 11.2. The molecule has 2 N–H and O–H groups in total. The zero-order valence-electron chi connectivity index (χ0n) is 11.2. The first-order chi connectivity index (χ1) is 8.81. The Hall–Kier alpha value is -0.820. The van der Waals surface area contributed by atoms with Gasteiger partial charge in [-0.25, -0.2) is 0 Å². The van der Waals surface area contributed by atoms with Crippen LogP contribution in [0.5, 0.6) is 0 Å². The molecule has 1 aliphatic heterocycles. The highest BCUT2D eigenvalue weighted by Crippen LogP contribution is 2.22. The molecule has 1 saturated heterocycles. The predicted molar refractivity (Wildman–Crippen MR) is 66.5 cm³/mol. The molecule has 0 spiro atoms. The van der Waals surface area contributed by atoms with Gasteiger partial charge < -0.3 is 10.6 Å². The first kappa shape index (κ1) is 16.2. The maximum atomic E-state index is 12.0. The van der Waals surface area contributed by atoms with Crippen molar-refractivity contribution in [3.8, 4) is 0 Å². The van der Waals surface area contributed by atoms with Gasteiger partial charge in [0.25, 0.3) is 0 Å². The highest BCUT2D eigenvalue weighted by atomic mass is 19.4. The van der Waals surface area contributed by atoms with Crippen molar-refractivity contribution in [2.24, 2.45) is 11.7 Å². The summed E-state index contributed by atoms with van der Waals surface area (Å²) < 4.78 is 36.1. The molecule has 1 heterocycles. The van der Waals surface area contributed by atoms with Gasteiger partial charge in [0.15, 0.2) is 0 Å². The number of halogens is 3. The van der Waals surface area contributed by atoms with Crippen LogP contribution in [0.2, 0.25) is 0 Å². The van der Waals surface area contributed by atoms with E-state index in [1.807, 2.05) is 0 Å². The van der Waals surface area contributed by atoms with Gasteiger partial charge in [-0.3, -0.25) is 9.69 Å². The summed E-state index contributed by atoms with van der Waals surface area (Å²) in [4.78, 5) is 15.3. The second kappa shape index (κ2) is 7.09. The van der Waals surface area contributed by atoms with Gasteiger partial charge in [-0.15, -0.1) is 0 Å². The summed E-state index contributed by atoms with van der Waals surface area (Å²) in [5.74, 6) is -0.00340. The Bertz CT molecular complexity index is 288. The van der Waals surface area contributed by atoms with Crippen LogP contribution >= 0.6 is 0 Å². The van der Waals surface area contributed by atoms with Crippen molar-refractivity contribution >= 4 is 5.91 Å². The molecule has 0 bridgehead atoms. The number of piperazine rings is 1. The lowest BCUT2D eigenvalue weighted by atomic mass is 10.1. The number of hydrogen-bond donors (Lipinski definition) is 1. The normalized spacial score (nSPS) is 19.5. The lowest BCUT2D eigenvalue weighted by Gasteiger charge is -2.36. The molecule has 7 heteroatoms. The first-order valence-electron chi connectivity index (χ1n) is 6.59. The van der Waals surface area contributed by atoms with E-state index in [2.05, 4.69) is 11.8 Å². The summed E-state index contributed by atoms with van der Waals surface area (Å²) in [6, 6.07) is 0. The highest BCUT2D eigenvalue weighted by Gasteiger charge is 2.30. The number of amides is 1. The van der Waals surface area contributed by atoms with Gasteiger partial charge in [0.1, 0.15) is 0 Å². The van der Waals surface area contributed by atoms with Crippen molar-refractivity contribution in [3.63, 3.8) is 0 Å². The molecule has 1 amide bonds. The third kappa shape index (κ3) is 6.24. The van der Waals surface area contributed by atoms with Gasteiger partial charge in [-0.1, -0.05) is 6.92 Å². The van der Waals surface area contributed by atoms with Gasteiger partial charge in [0, 0.05) is 39.1 Å². The van der Waals surface area contributed by atoms with E-state index >= 15 is 0 Å². The quantitative estimate of drug-likeness (QED) is 0.820. The Labute approximate surface area is 111 Å². The topological polar surface area (TPSA) is 49.6 Å². The molecule has 1 rings (SSSR count). The van der Waals surface area contributed by atoms with Gasteiger partial charge >= 0.3 is 6.18 Å². The van der Waals surface area contributed by atoms with Crippen LogP contribution in [0.3, 0.4) is 0 Å². The Morgan fingerprint density at radius 2 is 1.84 bits per heavy atom. The van der Waals surface area contributed by atoms with Crippen molar-refractivity contribution in [3.05, 3.63) is 0 Å². The number of nitrogens with two attached hydrogens (primary N) is 1. The summed E-state index contributed by atoms with van der Waals surface area (Å²) in [5, 5.41) is 0. The molecular weight excluding hydrogens is 259 g/mol. The van der Waals surface area contributed by atoms with Crippen molar-refractivity contribution in [1.29, 1.82) is 0 Å². The maximum Gasteiger partial charge on any atom is 0.389 e. The summed E-state index contributed by atoms with van der Waals surface area (Å²) in [5.41, 5.74) is 5.55. The van der Waals surface area contributed by atoms with E-state index in [0.29, 0.717) is 38.6 Å². The third-order valence-corrected chi connectivity index (χ3v) is 3.32. The second-order valence-corrected chi connectivity index (χ2v) is 5.14. The third-order valence-electron chi connectivity index (χ3n) is 3.32. The van der Waals surface area contributed by atoms with E-state index in [0.717, 1.165) is 6.54 Å². The molecule has 4 nitrogen and oxygen atoms in total. The number of rotatable bonds is 5. The number of carbonyl (C=O) groups excluding carboxylic acids is 1. The number of nitrogens with zero attached hydrogens (tertiary/aromatic N) is 2. The Morgan fingerprint density at radius 1 is 1.26 bits per heavy atom. The molecule has 1 fully saturated rings. The van der Waals surface area contributed by atoms with Crippen molar-refractivity contribution in [1.82, 2.24) is 9.80 Å². The van der Waals surface area contributed by atoms with E-state index in [-0.39, 0.29) is 0 Å². The molecule has 112 valence electrons. The number of alkyl halides is 3. The van der Waals surface area contributed by atoms with Gasteiger partial charge in [-0.05, 0) is 12.5 Å². The second-order valence-electron chi connectivity index (χ2n) is 5.14. The van der Waals surface area contributed by atoms with E-state index in [1.54, 1.807) is 0 Å². The molecule has 0 aliphatic carbocycles. The van der Waals surface area contributed by atoms with E-state index in [9.17, 15) is 18.0 Å². The van der Waals surface area contributed by atoms with Crippen LogP contribution in [0.15, 0.2) is 0 Å². The summed E-state index contributed by atoms with van der Waals surface area (Å²) in [7, 11) is 0. The highest BCUT2D eigenvalue weighted by molar-refractivity contribution is 5.76. The Morgan fingerprint density at radius 3 is 2.32 bits per heavy atom. The number of carbonyl (C=O) groups is 1. The fourth-order valence-electron chi connectivity index (χ4n) is 2.10. The van der Waals surface area contributed by atoms with Gasteiger partial charge in [0.05, 0.1) is 6.42 Å². The van der Waals surface area contributed by atoms with Crippen LogP contribution in [-0.2, 0) is 4.79 Å². The lowest BCUT2D eigenvalue weighted by molar-refractivity contribution is -0.150.